The molecule has 0 aliphatic carbocycles. The van der Waals surface area contributed by atoms with Crippen LogP contribution in [0.3, 0.4) is 0 Å². The van der Waals surface area contributed by atoms with Crippen molar-refractivity contribution in [3.63, 3.8) is 0 Å². The quantitative estimate of drug-likeness (QED) is 0.562. The third-order valence-electron chi connectivity index (χ3n) is 5.41. The van der Waals surface area contributed by atoms with E-state index in [4.69, 9.17) is 16.0 Å². The molecule has 3 aromatic rings. The van der Waals surface area contributed by atoms with Gasteiger partial charge in [0, 0.05) is 25.7 Å². The summed E-state index contributed by atoms with van der Waals surface area (Å²) < 4.78 is 18.2. The first-order chi connectivity index (χ1) is 15.1. The maximum Gasteiger partial charge on any atom is 0.287 e. The number of hydrogen-bond donors (Lipinski definition) is 1. The molecule has 7 heteroatoms. The molecule has 0 unspecified atom stereocenters. The van der Waals surface area contributed by atoms with E-state index in [0.29, 0.717) is 15.7 Å². The zero-order chi connectivity index (χ0) is 21.6. The molecule has 0 spiro atoms. The fourth-order valence-corrected chi connectivity index (χ4v) is 5.23. The lowest BCUT2D eigenvalue weighted by Crippen LogP contribution is -2.44. The second-order valence-corrected chi connectivity index (χ2v) is 9.52. The van der Waals surface area contributed by atoms with Crippen LogP contribution >= 0.6 is 11.6 Å². The fraction of sp³-hybridized carbons (Fsp3) is 0.292. The lowest BCUT2D eigenvalue weighted by Gasteiger charge is -2.32. The lowest BCUT2D eigenvalue weighted by atomic mass is 10.0. The van der Waals surface area contributed by atoms with Crippen LogP contribution in [0, 0.1) is 0 Å². The van der Waals surface area contributed by atoms with Gasteiger partial charge in [-0.25, -0.2) is 0 Å². The molecular weight excluding hydrogens is 432 g/mol. The molecular formula is C24H25ClN2O3S. The van der Waals surface area contributed by atoms with E-state index in [2.05, 4.69) is 34.5 Å². The first-order valence-corrected chi connectivity index (χ1v) is 12.1. The Labute approximate surface area is 189 Å². The van der Waals surface area contributed by atoms with Crippen LogP contribution in [0.2, 0.25) is 5.02 Å². The molecule has 0 saturated carbocycles. The highest BCUT2D eigenvalue weighted by Gasteiger charge is 2.23. The molecule has 0 bridgehead atoms. The van der Waals surface area contributed by atoms with Gasteiger partial charge in [-0.3, -0.25) is 13.9 Å². The van der Waals surface area contributed by atoms with Crippen LogP contribution in [0.4, 0.5) is 0 Å². The number of benzene rings is 2. The number of piperidine rings is 1. The molecule has 1 aliphatic heterocycles. The standard InChI is InChI=1S/C24H25ClN2O3S/c25-21-8-4-5-9-23(21)31(29)17-20-10-11-22(30-20)24(28)26-19-12-14-27(15-13-19)16-18-6-2-1-3-7-18/h1-11,19H,12-17H2,(H,26,28)/t31-/m0/s1. The van der Waals surface area contributed by atoms with Crippen molar-refractivity contribution >= 4 is 28.3 Å². The SMILES string of the molecule is O=C(NC1CCN(Cc2ccccc2)CC1)c1ccc(C[S@](=O)c2ccccc2Cl)o1. The summed E-state index contributed by atoms with van der Waals surface area (Å²) in [5, 5.41) is 3.53. The number of nitrogens with one attached hydrogen (secondary N) is 1. The van der Waals surface area contributed by atoms with Gasteiger partial charge in [-0.2, -0.15) is 0 Å². The number of amides is 1. The lowest BCUT2D eigenvalue weighted by molar-refractivity contribution is 0.0879. The highest BCUT2D eigenvalue weighted by Crippen LogP contribution is 2.22. The van der Waals surface area contributed by atoms with E-state index >= 15 is 0 Å². The summed E-state index contributed by atoms with van der Waals surface area (Å²) in [6.45, 7) is 2.83. The number of rotatable bonds is 7. The largest absolute Gasteiger partial charge is 0.455 e. The fourth-order valence-electron chi connectivity index (χ4n) is 3.75. The van der Waals surface area contributed by atoms with Crippen LogP contribution in [0.5, 0.6) is 0 Å². The topological polar surface area (TPSA) is 62.6 Å². The van der Waals surface area contributed by atoms with Crippen molar-refractivity contribution in [1.29, 1.82) is 0 Å². The molecule has 1 atom stereocenters. The molecule has 162 valence electrons. The minimum Gasteiger partial charge on any atom is -0.455 e. The molecule has 1 saturated heterocycles. The van der Waals surface area contributed by atoms with Crippen molar-refractivity contribution in [3.8, 4) is 0 Å². The summed E-state index contributed by atoms with van der Waals surface area (Å²) in [5.74, 6) is 0.699. The Kier molecular flexibility index (Phi) is 7.22. The Morgan fingerprint density at radius 2 is 1.74 bits per heavy atom. The van der Waals surface area contributed by atoms with Gasteiger partial charge < -0.3 is 9.73 Å². The monoisotopic (exact) mass is 456 g/mol. The Bertz CT molecular complexity index is 1050. The van der Waals surface area contributed by atoms with Gasteiger partial charge in [0.15, 0.2) is 5.76 Å². The molecule has 1 aromatic heterocycles. The second-order valence-electron chi connectivity index (χ2n) is 7.70. The molecule has 2 aromatic carbocycles. The van der Waals surface area contributed by atoms with Crippen molar-refractivity contribution in [2.24, 2.45) is 0 Å². The van der Waals surface area contributed by atoms with Crippen LogP contribution < -0.4 is 5.32 Å². The van der Waals surface area contributed by atoms with E-state index in [1.807, 2.05) is 6.07 Å². The van der Waals surface area contributed by atoms with Crippen molar-refractivity contribution in [1.82, 2.24) is 10.2 Å². The van der Waals surface area contributed by atoms with Crippen LogP contribution in [0.15, 0.2) is 76.0 Å². The van der Waals surface area contributed by atoms with Crippen molar-refractivity contribution in [3.05, 3.63) is 88.8 Å². The second kappa shape index (κ2) is 10.3. The molecule has 31 heavy (non-hydrogen) atoms. The molecule has 1 aliphatic rings. The zero-order valence-electron chi connectivity index (χ0n) is 17.1. The van der Waals surface area contributed by atoms with Crippen LogP contribution in [0.1, 0.15) is 34.7 Å². The van der Waals surface area contributed by atoms with Crippen molar-refractivity contribution in [2.75, 3.05) is 13.1 Å². The third-order valence-corrected chi connectivity index (χ3v) is 7.25. The van der Waals surface area contributed by atoms with Gasteiger partial charge in [0.2, 0.25) is 0 Å². The minimum atomic E-state index is -1.34. The van der Waals surface area contributed by atoms with Crippen LogP contribution in [-0.2, 0) is 23.1 Å². The van der Waals surface area contributed by atoms with E-state index in [-0.39, 0.29) is 23.5 Å². The Morgan fingerprint density at radius 1 is 1.03 bits per heavy atom. The number of likely N-dealkylation sites (tertiary alicyclic amines) is 1. The average molecular weight is 457 g/mol. The van der Waals surface area contributed by atoms with Gasteiger partial charge in [-0.15, -0.1) is 0 Å². The molecule has 4 rings (SSSR count). The number of furan rings is 1. The Hall–Kier alpha value is -2.41. The summed E-state index contributed by atoms with van der Waals surface area (Å²) in [5.41, 5.74) is 1.31. The van der Waals surface area contributed by atoms with Gasteiger partial charge >= 0.3 is 0 Å². The number of hydrogen-bond acceptors (Lipinski definition) is 4. The van der Waals surface area contributed by atoms with E-state index in [0.717, 1.165) is 32.5 Å². The summed E-state index contributed by atoms with van der Waals surface area (Å²) in [6, 6.07) is 20.9. The maximum absolute atomic E-state index is 12.6. The summed E-state index contributed by atoms with van der Waals surface area (Å²) in [7, 11) is -1.34. The van der Waals surface area contributed by atoms with Gasteiger partial charge in [-0.1, -0.05) is 54.1 Å². The normalized spacial score (nSPS) is 16.2. The zero-order valence-corrected chi connectivity index (χ0v) is 18.7. The van der Waals surface area contributed by atoms with Gasteiger partial charge in [0.1, 0.15) is 5.76 Å². The van der Waals surface area contributed by atoms with E-state index in [9.17, 15) is 9.00 Å². The summed E-state index contributed by atoms with van der Waals surface area (Å²) >= 11 is 6.11. The minimum absolute atomic E-state index is 0.130. The molecule has 2 heterocycles. The summed E-state index contributed by atoms with van der Waals surface area (Å²) in [4.78, 5) is 15.6. The highest BCUT2D eigenvalue weighted by molar-refractivity contribution is 7.84. The smallest absolute Gasteiger partial charge is 0.287 e. The number of nitrogens with zero attached hydrogens (tertiary/aromatic N) is 1. The Balaban J connectivity index is 1.27. The van der Waals surface area contributed by atoms with Gasteiger partial charge in [0.25, 0.3) is 5.91 Å². The predicted molar refractivity (Wildman–Crippen MR) is 122 cm³/mol. The molecule has 1 fully saturated rings. The molecule has 5 nitrogen and oxygen atoms in total. The maximum atomic E-state index is 12.6. The van der Waals surface area contributed by atoms with Crippen molar-refractivity contribution in [2.45, 2.75) is 36.1 Å². The highest BCUT2D eigenvalue weighted by atomic mass is 35.5. The number of carbonyl (C=O) groups is 1. The first kappa shape index (κ1) is 21.8. The van der Waals surface area contributed by atoms with Gasteiger partial charge in [0.05, 0.1) is 26.5 Å². The van der Waals surface area contributed by atoms with Crippen LogP contribution in [0.25, 0.3) is 0 Å². The predicted octanol–water partition coefficient (Wildman–Crippen LogP) is 4.64. The molecule has 1 N–H and O–H groups in total. The van der Waals surface area contributed by atoms with Crippen molar-refractivity contribution < 1.29 is 13.4 Å². The molecule has 0 radical (unpaired) electrons. The molecule has 1 amide bonds. The average Bonchev–Trinajstić information content (AvgIpc) is 3.25. The number of carbonyl (C=O) groups excluding carboxylic acids is 1. The van der Waals surface area contributed by atoms with E-state index in [1.54, 1.807) is 36.4 Å². The third kappa shape index (κ3) is 5.85. The van der Waals surface area contributed by atoms with Crippen LogP contribution in [-0.4, -0.2) is 34.1 Å². The number of halogens is 1. The van der Waals surface area contributed by atoms with E-state index in [1.165, 1.54) is 5.56 Å². The van der Waals surface area contributed by atoms with Gasteiger partial charge in [-0.05, 0) is 42.7 Å². The summed E-state index contributed by atoms with van der Waals surface area (Å²) in [6.07, 6.45) is 1.81. The van der Waals surface area contributed by atoms with E-state index < -0.39 is 10.8 Å². The first-order valence-electron chi connectivity index (χ1n) is 10.4. The Morgan fingerprint density at radius 3 is 2.48 bits per heavy atom.